The third-order valence-corrected chi connectivity index (χ3v) is 6.03. The highest BCUT2D eigenvalue weighted by molar-refractivity contribution is 5.92. The monoisotopic (exact) mass is 470 g/mol. The number of rotatable bonds is 8. The van der Waals surface area contributed by atoms with Crippen molar-refractivity contribution < 1.29 is 14.3 Å². The average molecular weight is 471 g/mol. The summed E-state index contributed by atoms with van der Waals surface area (Å²) in [7, 11) is 1.66. The van der Waals surface area contributed by atoms with Crippen LogP contribution in [0.5, 0.6) is 5.75 Å². The molecule has 0 aliphatic carbocycles. The maximum absolute atomic E-state index is 12.2. The van der Waals surface area contributed by atoms with Crippen LogP contribution in [0.1, 0.15) is 16.8 Å². The molecule has 0 saturated carbocycles. The van der Waals surface area contributed by atoms with Crippen LogP contribution < -0.4 is 15.0 Å². The third-order valence-electron chi connectivity index (χ3n) is 6.03. The average Bonchev–Trinajstić information content (AvgIpc) is 3.34. The molecule has 1 saturated heterocycles. The standard InChI is InChI=1S/C26H26N6O3/c1-35-23-4-2-3-18(9-23)14-31(15-19-5-6-20-12-29-30-24(20)10-19)22-7-8-27-21(11-22)16-32-17-25(33)28-13-26(32)34/h2-12H,13-17H2,1H3,(H,28,33)(H,29,30). The molecular formula is C26H26N6O3. The van der Waals surface area contributed by atoms with Gasteiger partial charge in [-0.25, -0.2) is 0 Å². The summed E-state index contributed by atoms with van der Waals surface area (Å²) in [5.41, 5.74) is 4.92. The van der Waals surface area contributed by atoms with Gasteiger partial charge in [-0.2, -0.15) is 5.10 Å². The number of anilines is 1. The van der Waals surface area contributed by atoms with Gasteiger partial charge in [-0.15, -0.1) is 0 Å². The molecule has 5 rings (SSSR count). The van der Waals surface area contributed by atoms with Gasteiger partial charge >= 0.3 is 0 Å². The van der Waals surface area contributed by atoms with Gasteiger partial charge in [0.05, 0.1) is 44.2 Å². The number of benzene rings is 2. The Balaban J connectivity index is 1.43. The van der Waals surface area contributed by atoms with E-state index in [9.17, 15) is 9.59 Å². The minimum absolute atomic E-state index is 0.0244. The lowest BCUT2D eigenvalue weighted by Crippen LogP contribution is -2.51. The highest BCUT2D eigenvalue weighted by atomic mass is 16.5. The Bertz CT molecular complexity index is 1370. The van der Waals surface area contributed by atoms with Crippen molar-refractivity contribution >= 4 is 28.4 Å². The number of carbonyl (C=O) groups excluding carboxylic acids is 2. The molecule has 0 spiro atoms. The predicted molar refractivity (Wildman–Crippen MR) is 132 cm³/mol. The molecule has 2 aromatic heterocycles. The second-order valence-electron chi connectivity index (χ2n) is 8.53. The lowest BCUT2D eigenvalue weighted by atomic mass is 10.1. The van der Waals surface area contributed by atoms with E-state index in [1.165, 1.54) is 4.90 Å². The summed E-state index contributed by atoms with van der Waals surface area (Å²) in [6, 6.07) is 18.2. The first-order chi connectivity index (χ1) is 17.1. The topological polar surface area (TPSA) is 103 Å². The number of aromatic amines is 1. The van der Waals surface area contributed by atoms with Crippen molar-refractivity contribution in [2.24, 2.45) is 0 Å². The SMILES string of the molecule is COc1cccc(CN(Cc2ccc3cn[nH]c3c2)c2ccnc(CN3CC(=O)NCC3=O)c2)c1. The number of H-pyrrole nitrogens is 1. The summed E-state index contributed by atoms with van der Waals surface area (Å²) in [4.78, 5) is 32.3. The van der Waals surface area contributed by atoms with Crippen molar-refractivity contribution in [1.29, 1.82) is 0 Å². The fourth-order valence-electron chi connectivity index (χ4n) is 4.22. The Morgan fingerprint density at radius 3 is 2.77 bits per heavy atom. The molecule has 1 aliphatic heterocycles. The fraction of sp³-hybridized carbons (Fsp3) is 0.231. The zero-order valence-corrected chi connectivity index (χ0v) is 19.4. The number of piperazine rings is 1. The van der Waals surface area contributed by atoms with Crippen LogP contribution in [0.4, 0.5) is 5.69 Å². The molecule has 2 N–H and O–H groups in total. The van der Waals surface area contributed by atoms with Gasteiger partial charge in [-0.1, -0.05) is 24.3 Å². The predicted octanol–water partition coefficient (Wildman–Crippen LogP) is 2.63. The number of ether oxygens (including phenoxy) is 1. The zero-order valence-electron chi connectivity index (χ0n) is 19.4. The van der Waals surface area contributed by atoms with Crippen LogP contribution in [0.2, 0.25) is 0 Å². The lowest BCUT2D eigenvalue weighted by Gasteiger charge is -2.28. The quantitative estimate of drug-likeness (QED) is 0.410. The van der Waals surface area contributed by atoms with Crippen LogP contribution in [0, 0.1) is 0 Å². The van der Waals surface area contributed by atoms with E-state index in [-0.39, 0.29) is 31.4 Å². The molecular weight excluding hydrogens is 444 g/mol. The summed E-state index contributed by atoms with van der Waals surface area (Å²) in [6.07, 6.45) is 3.56. The fourth-order valence-corrected chi connectivity index (χ4v) is 4.22. The molecule has 9 heteroatoms. The third kappa shape index (κ3) is 5.24. The summed E-state index contributed by atoms with van der Waals surface area (Å²) in [5, 5.41) is 10.8. The maximum Gasteiger partial charge on any atom is 0.242 e. The molecule has 0 bridgehead atoms. The number of carbonyl (C=O) groups is 2. The molecule has 0 atom stereocenters. The Labute approximate surface area is 202 Å². The molecule has 3 heterocycles. The lowest BCUT2D eigenvalue weighted by molar-refractivity contribution is -0.141. The van der Waals surface area contributed by atoms with Crippen molar-refractivity contribution in [3.8, 4) is 5.75 Å². The number of nitrogens with one attached hydrogen (secondary N) is 2. The minimum Gasteiger partial charge on any atom is -0.497 e. The smallest absolute Gasteiger partial charge is 0.242 e. The van der Waals surface area contributed by atoms with E-state index in [0.29, 0.717) is 13.1 Å². The number of nitrogens with zero attached hydrogens (tertiary/aromatic N) is 4. The second kappa shape index (κ2) is 9.84. The molecule has 1 fully saturated rings. The van der Waals surface area contributed by atoms with E-state index >= 15 is 0 Å². The van der Waals surface area contributed by atoms with Gasteiger partial charge in [0.1, 0.15) is 5.75 Å². The number of methoxy groups -OCH3 is 1. The maximum atomic E-state index is 12.2. The number of amides is 2. The number of hydrogen-bond donors (Lipinski definition) is 2. The van der Waals surface area contributed by atoms with Crippen molar-refractivity contribution in [3.63, 3.8) is 0 Å². The number of pyridine rings is 1. The molecule has 35 heavy (non-hydrogen) atoms. The van der Waals surface area contributed by atoms with Gasteiger partial charge in [0, 0.05) is 30.4 Å². The highest BCUT2D eigenvalue weighted by Crippen LogP contribution is 2.24. The number of fused-ring (bicyclic) bond motifs is 1. The first kappa shape index (κ1) is 22.4. The van der Waals surface area contributed by atoms with Gasteiger partial charge in [-0.05, 0) is 41.5 Å². The van der Waals surface area contributed by atoms with E-state index in [1.807, 2.05) is 36.5 Å². The normalized spacial score (nSPS) is 13.7. The highest BCUT2D eigenvalue weighted by Gasteiger charge is 2.23. The number of hydrogen-bond acceptors (Lipinski definition) is 6. The van der Waals surface area contributed by atoms with E-state index in [1.54, 1.807) is 13.3 Å². The van der Waals surface area contributed by atoms with Crippen LogP contribution in [-0.2, 0) is 29.2 Å². The number of aromatic nitrogens is 3. The molecule has 9 nitrogen and oxygen atoms in total. The van der Waals surface area contributed by atoms with E-state index < -0.39 is 0 Å². The van der Waals surface area contributed by atoms with Gasteiger partial charge in [0.25, 0.3) is 0 Å². The van der Waals surface area contributed by atoms with Gasteiger partial charge in [-0.3, -0.25) is 19.7 Å². The van der Waals surface area contributed by atoms with Crippen molar-refractivity contribution in [2.45, 2.75) is 19.6 Å². The van der Waals surface area contributed by atoms with Gasteiger partial charge in [0.15, 0.2) is 0 Å². The van der Waals surface area contributed by atoms with Gasteiger partial charge in [0.2, 0.25) is 11.8 Å². The first-order valence-electron chi connectivity index (χ1n) is 11.4. The van der Waals surface area contributed by atoms with E-state index in [4.69, 9.17) is 4.74 Å². The molecule has 0 radical (unpaired) electrons. The Morgan fingerprint density at radius 2 is 1.91 bits per heavy atom. The molecule has 2 amide bonds. The van der Waals surface area contributed by atoms with Crippen LogP contribution in [-0.4, -0.2) is 52.1 Å². The van der Waals surface area contributed by atoms with E-state index in [2.05, 4.69) is 49.7 Å². The summed E-state index contributed by atoms with van der Waals surface area (Å²) in [6.45, 7) is 1.65. The Morgan fingerprint density at radius 1 is 1.06 bits per heavy atom. The molecule has 178 valence electrons. The summed E-state index contributed by atoms with van der Waals surface area (Å²) in [5.74, 6) is 0.533. The van der Waals surface area contributed by atoms with Crippen LogP contribution >= 0.6 is 0 Å². The zero-order chi connectivity index (χ0) is 24.2. The van der Waals surface area contributed by atoms with Crippen LogP contribution in [0.25, 0.3) is 10.9 Å². The molecule has 1 aliphatic rings. The van der Waals surface area contributed by atoms with Crippen molar-refractivity contribution in [3.05, 3.63) is 83.8 Å². The van der Waals surface area contributed by atoms with Crippen molar-refractivity contribution in [1.82, 2.24) is 25.4 Å². The van der Waals surface area contributed by atoms with Crippen LogP contribution in [0.3, 0.4) is 0 Å². The first-order valence-corrected chi connectivity index (χ1v) is 11.4. The minimum atomic E-state index is -0.158. The molecule has 0 unspecified atom stereocenters. The van der Waals surface area contributed by atoms with Crippen LogP contribution in [0.15, 0.2) is 67.0 Å². The van der Waals surface area contributed by atoms with Crippen molar-refractivity contribution in [2.75, 3.05) is 25.1 Å². The Kier molecular flexibility index (Phi) is 6.30. The Hall–Kier alpha value is -4.40. The van der Waals surface area contributed by atoms with Gasteiger partial charge < -0.3 is 19.9 Å². The molecule has 4 aromatic rings. The summed E-state index contributed by atoms with van der Waals surface area (Å²) >= 11 is 0. The molecule has 2 aromatic carbocycles. The van der Waals surface area contributed by atoms with E-state index in [0.717, 1.165) is 39.2 Å². The largest absolute Gasteiger partial charge is 0.497 e. The summed E-state index contributed by atoms with van der Waals surface area (Å²) < 4.78 is 5.41. The second-order valence-corrected chi connectivity index (χ2v) is 8.53.